The number of nitrogens with one attached hydrogen (secondary N) is 2. The Hall–Kier alpha value is -3.65. The molecule has 0 atom stereocenters. The Morgan fingerprint density at radius 2 is 1.88 bits per heavy atom. The molecule has 3 aromatic rings. The second-order valence-electron chi connectivity index (χ2n) is 5.96. The third kappa shape index (κ3) is 4.68. The number of pyridine rings is 1. The van der Waals surface area contributed by atoms with Crippen LogP contribution >= 0.6 is 0 Å². The van der Waals surface area contributed by atoms with Crippen molar-refractivity contribution in [1.29, 1.82) is 5.26 Å². The summed E-state index contributed by atoms with van der Waals surface area (Å²) < 4.78 is 0. The highest BCUT2D eigenvalue weighted by Crippen LogP contribution is 2.18. The highest BCUT2D eigenvalue weighted by molar-refractivity contribution is 5.91. The van der Waals surface area contributed by atoms with Gasteiger partial charge in [-0.15, -0.1) is 0 Å². The summed E-state index contributed by atoms with van der Waals surface area (Å²) >= 11 is 0. The predicted octanol–water partition coefficient (Wildman–Crippen LogP) is 4.19. The molecule has 0 bridgehead atoms. The number of aromatic nitrogens is 1. The fourth-order valence-electron chi connectivity index (χ4n) is 2.45. The quantitative estimate of drug-likeness (QED) is 0.729. The Labute approximate surface area is 152 Å². The minimum atomic E-state index is -0.108. The van der Waals surface area contributed by atoms with Gasteiger partial charge in [-0.25, -0.2) is 4.98 Å². The molecule has 0 fully saturated rings. The van der Waals surface area contributed by atoms with Gasteiger partial charge in [0.2, 0.25) is 5.91 Å². The summed E-state index contributed by atoms with van der Waals surface area (Å²) in [5, 5.41) is 14.9. The molecule has 0 saturated heterocycles. The van der Waals surface area contributed by atoms with E-state index in [-0.39, 0.29) is 5.91 Å². The van der Waals surface area contributed by atoms with Crippen LogP contribution in [0.3, 0.4) is 0 Å². The lowest BCUT2D eigenvalue weighted by atomic mass is 10.1. The van der Waals surface area contributed by atoms with Crippen LogP contribution in [0, 0.1) is 18.3 Å². The van der Waals surface area contributed by atoms with E-state index in [2.05, 4.69) is 21.7 Å². The van der Waals surface area contributed by atoms with Crippen LogP contribution in [0.15, 0.2) is 66.9 Å². The number of hydrogen-bond acceptors (Lipinski definition) is 4. The van der Waals surface area contributed by atoms with E-state index in [1.54, 1.807) is 24.4 Å². The maximum absolute atomic E-state index is 12.1. The fraction of sp³-hybridized carbons (Fsp3) is 0.0952. The second kappa shape index (κ2) is 7.95. The van der Waals surface area contributed by atoms with Crippen molar-refractivity contribution in [2.24, 2.45) is 0 Å². The first-order valence-electron chi connectivity index (χ1n) is 8.21. The number of anilines is 3. The molecule has 128 valence electrons. The van der Waals surface area contributed by atoms with E-state index in [0.717, 1.165) is 16.9 Å². The molecule has 5 heteroatoms. The van der Waals surface area contributed by atoms with Crippen molar-refractivity contribution in [2.75, 3.05) is 10.6 Å². The molecule has 2 N–H and O–H groups in total. The number of amides is 1. The summed E-state index contributed by atoms with van der Waals surface area (Å²) in [7, 11) is 0. The molecule has 1 heterocycles. The van der Waals surface area contributed by atoms with Crippen LogP contribution in [0.5, 0.6) is 0 Å². The zero-order valence-electron chi connectivity index (χ0n) is 14.4. The predicted molar refractivity (Wildman–Crippen MR) is 102 cm³/mol. The van der Waals surface area contributed by atoms with E-state index in [9.17, 15) is 4.79 Å². The minimum Gasteiger partial charge on any atom is -0.354 e. The molecule has 0 unspecified atom stereocenters. The highest BCUT2D eigenvalue weighted by Gasteiger charge is 2.05. The fourth-order valence-corrected chi connectivity index (χ4v) is 2.45. The topological polar surface area (TPSA) is 77.8 Å². The van der Waals surface area contributed by atoms with Crippen molar-refractivity contribution < 1.29 is 4.79 Å². The first kappa shape index (κ1) is 17.2. The van der Waals surface area contributed by atoms with Crippen LogP contribution < -0.4 is 10.6 Å². The van der Waals surface area contributed by atoms with Gasteiger partial charge in [0.1, 0.15) is 5.82 Å². The van der Waals surface area contributed by atoms with Gasteiger partial charge in [0.05, 0.1) is 29.9 Å². The standard InChI is InChI=1S/C21H18N4O/c1-15-5-7-16(8-6-15)12-21(26)25-20-10-9-19(14-23-20)24-18-4-2-3-17(11-18)13-22/h2-11,14,24H,12H2,1H3,(H,23,25,26). The highest BCUT2D eigenvalue weighted by atomic mass is 16.1. The van der Waals surface area contributed by atoms with Gasteiger partial charge in [-0.1, -0.05) is 35.9 Å². The lowest BCUT2D eigenvalue weighted by Gasteiger charge is -2.08. The van der Waals surface area contributed by atoms with Gasteiger partial charge in [-0.3, -0.25) is 4.79 Å². The van der Waals surface area contributed by atoms with E-state index in [4.69, 9.17) is 5.26 Å². The summed E-state index contributed by atoms with van der Waals surface area (Å²) in [5.41, 5.74) is 4.30. The van der Waals surface area contributed by atoms with Crippen molar-refractivity contribution >= 4 is 23.1 Å². The number of carbonyl (C=O) groups excluding carboxylic acids is 1. The zero-order valence-corrected chi connectivity index (χ0v) is 14.4. The van der Waals surface area contributed by atoms with Crippen LogP contribution in [0.1, 0.15) is 16.7 Å². The lowest BCUT2D eigenvalue weighted by molar-refractivity contribution is -0.115. The Bertz CT molecular complexity index is 941. The largest absolute Gasteiger partial charge is 0.354 e. The van der Waals surface area contributed by atoms with Crippen LogP contribution in [0.2, 0.25) is 0 Å². The molecule has 0 aliphatic rings. The molecule has 0 saturated carbocycles. The molecule has 3 rings (SSSR count). The lowest BCUT2D eigenvalue weighted by Crippen LogP contribution is -2.15. The second-order valence-corrected chi connectivity index (χ2v) is 5.96. The van der Waals surface area contributed by atoms with Gasteiger partial charge >= 0.3 is 0 Å². The molecule has 0 spiro atoms. The molecule has 5 nitrogen and oxygen atoms in total. The van der Waals surface area contributed by atoms with Crippen LogP contribution in [0.25, 0.3) is 0 Å². The van der Waals surface area contributed by atoms with Gasteiger partial charge in [0, 0.05) is 5.69 Å². The van der Waals surface area contributed by atoms with Gasteiger partial charge in [0.25, 0.3) is 0 Å². The normalized spacial score (nSPS) is 10.0. The SMILES string of the molecule is Cc1ccc(CC(=O)Nc2ccc(Nc3cccc(C#N)c3)cn2)cc1. The number of carbonyl (C=O) groups is 1. The van der Waals surface area contributed by atoms with Crippen LogP contribution in [0.4, 0.5) is 17.2 Å². The number of rotatable bonds is 5. The van der Waals surface area contributed by atoms with Crippen molar-refractivity contribution in [2.45, 2.75) is 13.3 Å². The Morgan fingerprint density at radius 3 is 2.58 bits per heavy atom. The molecule has 0 radical (unpaired) electrons. The average molecular weight is 342 g/mol. The van der Waals surface area contributed by atoms with Crippen LogP contribution in [-0.2, 0) is 11.2 Å². The van der Waals surface area contributed by atoms with Crippen LogP contribution in [-0.4, -0.2) is 10.9 Å². The van der Waals surface area contributed by atoms with E-state index in [1.165, 1.54) is 5.56 Å². The number of nitriles is 1. The number of nitrogens with zero attached hydrogens (tertiary/aromatic N) is 2. The average Bonchev–Trinajstić information content (AvgIpc) is 2.65. The van der Waals surface area contributed by atoms with Gasteiger partial charge in [-0.2, -0.15) is 5.26 Å². The monoisotopic (exact) mass is 342 g/mol. The number of benzene rings is 2. The van der Waals surface area contributed by atoms with Crippen molar-refractivity contribution in [1.82, 2.24) is 4.98 Å². The first-order valence-corrected chi connectivity index (χ1v) is 8.21. The first-order chi connectivity index (χ1) is 12.6. The smallest absolute Gasteiger partial charge is 0.229 e. The number of hydrogen-bond donors (Lipinski definition) is 2. The summed E-state index contributed by atoms with van der Waals surface area (Å²) in [6.45, 7) is 2.01. The molecular weight excluding hydrogens is 324 g/mol. The van der Waals surface area contributed by atoms with E-state index in [1.807, 2.05) is 49.4 Å². The third-order valence-electron chi connectivity index (χ3n) is 3.80. The molecular formula is C21H18N4O. The molecule has 2 aromatic carbocycles. The zero-order chi connectivity index (χ0) is 18.4. The molecule has 26 heavy (non-hydrogen) atoms. The molecule has 1 aromatic heterocycles. The Balaban J connectivity index is 1.59. The molecule has 0 aliphatic heterocycles. The van der Waals surface area contributed by atoms with Crippen molar-refractivity contribution in [3.05, 3.63) is 83.6 Å². The maximum Gasteiger partial charge on any atom is 0.229 e. The van der Waals surface area contributed by atoms with E-state index in [0.29, 0.717) is 17.8 Å². The summed E-state index contributed by atoms with van der Waals surface area (Å²) in [5.74, 6) is 0.391. The minimum absolute atomic E-state index is 0.108. The summed E-state index contributed by atoms with van der Waals surface area (Å²) in [6, 6.07) is 20.7. The summed E-state index contributed by atoms with van der Waals surface area (Å²) in [6.07, 6.45) is 1.95. The summed E-state index contributed by atoms with van der Waals surface area (Å²) in [4.78, 5) is 16.4. The van der Waals surface area contributed by atoms with Crippen molar-refractivity contribution in [3.63, 3.8) is 0 Å². The molecule has 1 amide bonds. The Morgan fingerprint density at radius 1 is 1.08 bits per heavy atom. The molecule has 0 aliphatic carbocycles. The van der Waals surface area contributed by atoms with E-state index >= 15 is 0 Å². The van der Waals surface area contributed by atoms with Gasteiger partial charge in [-0.05, 0) is 42.8 Å². The third-order valence-corrected chi connectivity index (χ3v) is 3.80. The van der Waals surface area contributed by atoms with Crippen molar-refractivity contribution in [3.8, 4) is 6.07 Å². The van der Waals surface area contributed by atoms with Gasteiger partial charge < -0.3 is 10.6 Å². The van der Waals surface area contributed by atoms with E-state index < -0.39 is 0 Å². The Kier molecular flexibility index (Phi) is 5.25. The number of aryl methyl sites for hydroxylation is 1. The maximum atomic E-state index is 12.1. The van der Waals surface area contributed by atoms with Gasteiger partial charge in [0.15, 0.2) is 0 Å².